The number of ether oxygens (including phenoxy) is 1. The number of nitrogens with zero attached hydrogens (tertiary/aromatic N) is 6. The number of hydrogen-bond acceptors (Lipinski definition) is 9. The van der Waals surface area contributed by atoms with Gasteiger partial charge < -0.3 is 21.1 Å². The highest BCUT2D eigenvalue weighted by Gasteiger charge is 2.25. The minimum absolute atomic E-state index is 0. The molecule has 31 heavy (non-hydrogen) atoms. The Labute approximate surface area is 190 Å². The number of hydrogen-bond donors (Lipinski definition) is 2. The number of anilines is 2. The average Bonchev–Trinajstić information content (AvgIpc) is 3.36. The highest BCUT2D eigenvalue weighted by atomic mass is 35.5. The second-order valence-corrected chi connectivity index (χ2v) is 8.39. The fourth-order valence-corrected chi connectivity index (χ4v) is 4.76. The average molecular weight is 467 g/mol. The lowest BCUT2D eigenvalue weighted by Gasteiger charge is -2.34. The van der Waals surface area contributed by atoms with Gasteiger partial charge in [0.1, 0.15) is 9.71 Å². The molecule has 0 aliphatic carbocycles. The fourth-order valence-electron chi connectivity index (χ4n) is 3.82. The Bertz CT molecular complexity index is 1040. The van der Waals surface area contributed by atoms with Crippen LogP contribution in [0, 0.1) is 5.92 Å². The number of aromatic nitrogens is 5. The number of halogens is 1. The van der Waals surface area contributed by atoms with Gasteiger partial charge in [0, 0.05) is 25.7 Å². The number of rotatable bonds is 8. The van der Waals surface area contributed by atoms with Crippen LogP contribution in [0.15, 0.2) is 12.3 Å². The Kier molecular flexibility index (Phi) is 7.63. The van der Waals surface area contributed by atoms with Crippen LogP contribution >= 0.6 is 23.7 Å². The number of piperidine rings is 1. The summed E-state index contributed by atoms with van der Waals surface area (Å²) in [5.74, 6) is 0.607. The predicted octanol–water partition coefficient (Wildman–Crippen LogP) is 1.88. The van der Waals surface area contributed by atoms with E-state index in [2.05, 4.69) is 25.3 Å². The van der Waals surface area contributed by atoms with E-state index in [1.165, 1.54) is 11.3 Å². The SMILES string of the molecule is CCn1nnc(CCOC[C@H]2CCCN(c3ccnc4sc(C(N)=O)c(N)c34)C2)n1.Cl. The number of carbonyl (C=O) groups excluding carboxylic acids is 1. The molecule has 1 saturated heterocycles. The van der Waals surface area contributed by atoms with Crippen LogP contribution in [0.4, 0.5) is 11.4 Å². The van der Waals surface area contributed by atoms with Gasteiger partial charge in [0.05, 0.1) is 36.5 Å². The fraction of sp³-hybridized carbons (Fsp3) is 0.526. The molecule has 4 heterocycles. The van der Waals surface area contributed by atoms with E-state index in [9.17, 15) is 4.79 Å². The van der Waals surface area contributed by atoms with Crippen molar-refractivity contribution in [3.8, 4) is 0 Å². The lowest BCUT2D eigenvalue weighted by atomic mass is 9.98. The van der Waals surface area contributed by atoms with Crippen molar-refractivity contribution < 1.29 is 9.53 Å². The van der Waals surface area contributed by atoms with Crippen LogP contribution in [0.1, 0.15) is 35.3 Å². The summed E-state index contributed by atoms with van der Waals surface area (Å²) in [4.78, 5) is 21.1. The molecule has 0 radical (unpaired) electrons. The highest BCUT2D eigenvalue weighted by molar-refractivity contribution is 7.21. The number of fused-ring (bicyclic) bond motifs is 1. The molecule has 0 saturated carbocycles. The van der Waals surface area contributed by atoms with Crippen molar-refractivity contribution in [2.24, 2.45) is 11.7 Å². The molecule has 0 aromatic carbocycles. The van der Waals surface area contributed by atoms with E-state index in [-0.39, 0.29) is 12.4 Å². The van der Waals surface area contributed by atoms with E-state index in [4.69, 9.17) is 16.2 Å². The van der Waals surface area contributed by atoms with Crippen LogP contribution in [-0.4, -0.2) is 57.4 Å². The summed E-state index contributed by atoms with van der Waals surface area (Å²) in [5.41, 5.74) is 13.1. The van der Waals surface area contributed by atoms with E-state index in [1.54, 1.807) is 11.0 Å². The Morgan fingerprint density at radius 3 is 3.00 bits per heavy atom. The van der Waals surface area contributed by atoms with Crippen LogP contribution < -0.4 is 16.4 Å². The first kappa shape index (κ1) is 23.2. The molecule has 4 N–H and O–H groups in total. The van der Waals surface area contributed by atoms with Crippen molar-refractivity contribution >= 4 is 51.2 Å². The van der Waals surface area contributed by atoms with E-state index < -0.39 is 5.91 Å². The Morgan fingerprint density at radius 2 is 2.26 bits per heavy atom. The van der Waals surface area contributed by atoms with Crippen LogP contribution in [-0.2, 0) is 17.7 Å². The molecule has 3 aromatic heterocycles. The molecule has 10 nitrogen and oxygen atoms in total. The molecule has 12 heteroatoms. The molecule has 1 amide bonds. The molecule has 1 fully saturated rings. The molecule has 4 rings (SSSR count). The molecule has 168 valence electrons. The summed E-state index contributed by atoms with van der Waals surface area (Å²) in [6.45, 7) is 5.74. The number of carbonyl (C=O) groups is 1. The van der Waals surface area contributed by atoms with E-state index >= 15 is 0 Å². The summed E-state index contributed by atoms with van der Waals surface area (Å²) < 4.78 is 5.91. The third-order valence-corrected chi connectivity index (χ3v) is 6.42. The maximum absolute atomic E-state index is 11.7. The van der Waals surface area contributed by atoms with Crippen molar-refractivity contribution in [3.63, 3.8) is 0 Å². The minimum atomic E-state index is -0.514. The Hall–Kier alpha value is -2.50. The molecule has 1 aliphatic rings. The summed E-state index contributed by atoms with van der Waals surface area (Å²) in [5, 5.41) is 13.1. The van der Waals surface area contributed by atoms with Crippen LogP contribution in [0.3, 0.4) is 0 Å². The lowest BCUT2D eigenvalue weighted by molar-refractivity contribution is 0.0949. The van der Waals surface area contributed by atoms with E-state index in [0.29, 0.717) is 48.5 Å². The van der Waals surface area contributed by atoms with Gasteiger partial charge in [-0.1, -0.05) is 0 Å². The zero-order valence-corrected chi connectivity index (χ0v) is 19.0. The van der Waals surface area contributed by atoms with Crippen LogP contribution in [0.2, 0.25) is 0 Å². The third-order valence-electron chi connectivity index (χ3n) is 5.29. The maximum Gasteiger partial charge on any atom is 0.260 e. The molecule has 3 aromatic rings. The molecule has 0 unspecified atom stereocenters. The van der Waals surface area contributed by atoms with Gasteiger partial charge in [-0.15, -0.1) is 33.9 Å². The van der Waals surface area contributed by atoms with Crippen LogP contribution in [0.5, 0.6) is 0 Å². The summed E-state index contributed by atoms with van der Waals surface area (Å²) >= 11 is 1.25. The first-order valence-corrected chi connectivity index (χ1v) is 10.9. The number of pyridine rings is 1. The second-order valence-electron chi connectivity index (χ2n) is 7.39. The van der Waals surface area contributed by atoms with Gasteiger partial charge in [0.25, 0.3) is 5.91 Å². The van der Waals surface area contributed by atoms with Gasteiger partial charge in [0.15, 0.2) is 5.82 Å². The summed E-state index contributed by atoms with van der Waals surface area (Å²) in [6.07, 6.45) is 4.59. The molecule has 0 bridgehead atoms. The van der Waals surface area contributed by atoms with Crippen molar-refractivity contribution in [1.82, 2.24) is 25.2 Å². The van der Waals surface area contributed by atoms with E-state index in [0.717, 1.165) is 41.8 Å². The van der Waals surface area contributed by atoms with Gasteiger partial charge in [-0.25, -0.2) is 4.98 Å². The van der Waals surface area contributed by atoms with Crippen LogP contribution in [0.25, 0.3) is 10.2 Å². The quantitative estimate of drug-likeness (QED) is 0.480. The van der Waals surface area contributed by atoms with Gasteiger partial charge >= 0.3 is 0 Å². The summed E-state index contributed by atoms with van der Waals surface area (Å²) in [7, 11) is 0. The number of amides is 1. The standard InChI is InChI=1S/C19H26N8O2S.ClH/c1-2-27-24-14(23-25-27)6-9-29-11-12-4-3-8-26(10-12)13-5-7-22-19-15(13)16(20)17(30-19)18(21)28;/h5,7,12H,2-4,6,8-11,20H2,1H3,(H2,21,28);1H/t12-;/m0./s1. The molecular weight excluding hydrogens is 440 g/mol. The number of aryl methyl sites for hydroxylation is 1. The lowest BCUT2D eigenvalue weighted by Crippen LogP contribution is -2.37. The molecular formula is C19H27ClN8O2S. The topological polar surface area (TPSA) is 138 Å². The highest BCUT2D eigenvalue weighted by Crippen LogP contribution is 2.39. The predicted molar refractivity (Wildman–Crippen MR) is 123 cm³/mol. The molecule has 1 aliphatic heterocycles. The van der Waals surface area contributed by atoms with Crippen molar-refractivity contribution in [3.05, 3.63) is 23.0 Å². The smallest absolute Gasteiger partial charge is 0.260 e. The second kappa shape index (κ2) is 10.2. The number of tetrazole rings is 1. The number of primary amides is 1. The largest absolute Gasteiger partial charge is 0.397 e. The third kappa shape index (κ3) is 5.05. The Morgan fingerprint density at radius 1 is 1.42 bits per heavy atom. The van der Waals surface area contributed by atoms with Crippen molar-refractivity contribution in [2.45, 2.75) is 32.7 Å². The van der Waals surface area contributed by atoms with Gasteiger partial charge in [-0.3, -0.25) is 4.79 Å². The minimum Gasteiger partial charge on any atom is -0.397 e. The van der Waals surface area contributed by atoms with Gasteiger partial charge in [0.2, 0.25) is 0 Å². The van der Waals surface area contributed by atoms with Gasteiger partial charge in [-0.05, 0) is 37.0 Å². The zero-order valence-electron chi connectivity index (χ0n) is 17.4. The maximum atomic E-state index is 11.7. The number of nitrogens with two attached hydrogens (primary N) is 2. The first-order chi connectivity index (χ1) is 14.6. The first-order valence-electron chi connectivity index (χ1n) is 10.1. The number of nitrogen functional groups attached to an aromatic ring is 1. The van der Waals surface area contributed by atoms with Crippen molar-refractivity contribution in [2.75, 3.05) is 36.9 Å². The zero-order chi connectivity index (χ0) is 21.1. The monoisotopic (exact) mass is 466 g/mol. The summed E-state index contributed by atoms with van der Waals surface area (Å²) in [6, 6.07) is 1.96. The van der Waals surface area contributed by atoms with Gasteiger partial charge in [-0.2, -0.15) is 4.80 Å². The number of thiophene rings is 1. The molecule has 1 atom stereocenters. The normalized spacial score (nSPS) is 16.4. The Balaban J connectivity index is 0.00000272. The van der Waals surface area contributed by atoms with Crippen molar-refractivity contribution in [1.29, 1.82) is 0 Å². The van der Waals surface area contributed by atoms with E-state index in [1.807, 2.05) is 13.0 Å². The molecule has 0 spiro atoms.